The Morgan fingerprint density at radius 2 is 1.72 bits per heavy atom. The largest absolute Gasteiger partial charge is 0.491 e. The molecule has 7 nitrogen and oxygen atoms in total. The van der Waals surface area contributed by atoms with Gasteiger partial charge in [-0.1, -0.05) is 37.5 Å². The maximum Gasteiger partial charge on any atom is 0.274 e. The average molecular weight is 491 g/mol. The van der Waals surface area contributed by atoms with E-state index in [1.54, 1.807) is 18.6 Å². The molecule has 2 aliphatic heterocycles. The van der Waals surface area contributed by atoms with E-state index in [2.05, 4.69) is 27.0 Å². The van der Waals surface area contributed by atoms with Crippen molar-refractivity contribution < 1.29 is 14.3 Å². The van der Waals surface area contributed by atoms with Crippen LogP contribution in [0.2, 0.25) is 0 Å². The van der Waals surface area contributed by atoms with Crippen LogP contribution in [-0.4, -0.2) is 64.4 Å². The number of benzene rings is 1. The Morgan fingerprint density at radius 3 is 2.50 bits per heavy atom. The van der Waals surface area contributed by atoms with Crippen LogP contribution in [0.5, 0.6) is 5.75 Å². The maximum absolute atomic E-state index is 13.5. The predicted molar refractivity (Wildman–Crippen MR) is 138 cm³/mol. The first-order chi connectivity index (χ1) is 17.6. The van der Waals surface area contributed by atoms with Gasteiger partial charge in [0.2, 0.25) is 5.91 Å². The van der Waals surface area contributed by atoms with Crippen LogP contribution in [0.4, 0.5) is 0 Å². The van der Waals surface area contributed by atoms with Crippen molar-refractivity contribution in [2.45, 2.75) is 64.2 Å². The molecule has 2 amide bonds. The van der Waals surface area contributed by atoms with Crippen molar-refractivity contribution in [2.75, 3.05) is 32.8 Å². The minimum Gasteiger partial charge on any atom is -0.491 e. The summed E-state index contributed by atoms with van der Waals surface area (Å²) < 4.78 is 6.18. The molecule has 7 heteroatoms. The Bertz CT molecular complexity index is 1030. The fraction of sp³-hybridized carbons (Fsp3) is 0.586. The highest BCUT2D eigenvalue weighted by Gasteiger charge is 2.40. The Labute approximate surface area is 214 Å². The van der Waals surface area contributed by atoms with Gasteiger partial charge in [0.05, 0.1) is 12.7 Å². The summed E-state index contributed by atoms with van der Waals surface area (Å²) in [6.45, 7) is 3.18. The van der Waals surface area contributed by atoms with Crippen LogP contribution < -0.4 is 4.74 Å². The van der Waals surface area contributed by atoms with E-state index in [0.29, 0.717) is 31.3 Å². The number of para-hydroxylation sites is 1. The number of likely N-dealkylation sites (tertiary alicyclic amines) is 1. The summed E-state index contributed by atoms with van der Waals surface area (Å²) in [5.74, 6) is 1.40. The van der Waals surface area contributed by atoms with Crippen LogP contribution >= 0.6 is 0 Å². The molecule has 1 aromatic heterocycles. The zero-order valence-corrected chi connectivity index (χ0v) is 21.2. The molecule has 3 heterocycles. The molecule has 1 saturated heterocycles. The number of aryl methyl sites for hydroxylation is 1. The molecule has 0 radical (unpaired) electrons. The average Bonchev–Trinajstić information content (AvgIpc) is 3.46. The molecule has 5 rings (SSSR count). The van der Waals surface area contributed by atoms with Gasteiger partial charge in [0.25, 0.3) is 5.91 Å². The SMILES string of the molecule is O=C(c1cnccn1)N1CCOc2ccccc2CCCCC2(CCN(C(=O)C3CCCC3)CC2)C1. The number of hydrogen-bond acceptors (Lipinski definition) is 5. The quantitative estimate of drug-likeness (QED) is 0.619. The monoisotopic (exact) mass is 490 g/mol. The highest BCUT2D eigenvalue weighted by molar-refractivity contribution is 5.92. The highest BCUT2D eigenvalue weighted by atomic mass is 16.5. The number of rotatable bonds is 2. The van der Waals surface area contributed by atoms with E-state index in [9.17, 15) is 9.59 Å². The number of nitrogens with zero attached hydrogens (tertiary/aromatic N) is 4. The lowest BCUT2D eigenvalue weighted by Crippen LogP contribution is -2.50. The molecular formula is C29H38N4O3. The fourth-order valence-electron chi connectivity index (χ4n) is 6.28. The second-order valence-corrected chi connectivity index (χ2v) is 10.8. The third-order valence-electron chi connectivity index (χ3n) is 8.43. The number of ether oxygens (including phenoxy) is 1. The molecule has 192 valence electrons. The van der Waals surface area contributed by atoms with Crippen LogP contribution in [0.3, 0.4) is 0 Å². The maximum atomic E-state index is 13.5. The summed E-state index contributed by atoms with van der Waals surface area (Å²) in [4.78, 5) is 39.0. The molecule has 1 aliphatic carbocycles. The van der Waals surface area contributed by atoms with Crippen molar-refractivity contribution in [3.8, 4) is 5.75 Å². The molecule has 0 unspecified atom stereocenters. The van der Waals surface area contributed by atoms with E-state index >= 15 is 0 Å². The molecule has 1 saturated carbocycles. The van der Waals surface area contributed by atoms with Gasteiger partial charge < -0.3 is 14.5 Å². The zero-order valence-electron chi connectivity index (χ0n) is 21.2. The summed E-state index contributed by atoms with van der Waals surface area (Å²) >= 11 is 0. The molecule has 0 N–H and O–H groups in total. The second kappa shape index (κ2) is 11.4. The molecule has 0 atom stereocenters. The highest BCUT2D eigenvalue weighted by Crippen LogP contribution is 2.39. The van der Waals surface area contributed by atoms with Crippen molar-refractivity contribution in [3.05, 3.63) is 54.1 Å². The summed E-state index contributed by atoms with van der Waals surface area (Å²) in [5, 5.41) is 0. The molecular weight excluding hydrogens is 452 g/mol. The van der Waals surface area contributed by atoms with Gasteiger partial charge in [-0.3, -0.25) is 14.6 Å². The van der Waals surface area contributed by atoms with Gasteiger partial charge in [0.15, 0.2) is 0 Å². The summed E-state index contributed by atoms with van der Waals surface area (Å²) in [7, 11) is 0. The van der Waals surface area contributed by atoms with Gasteiger partial charge in [-0.15, -0.1) is 0 Å². The topological polar surface area (TPSA) is 75.6 Å². The first kappa shape index (κ1) is 24.7. The van der Waals surface area contributed by atoms with Gasteiger partial charge in [0.1, 0.15) is 18.1 Å². The molecule has 0 bridgehead atoms. The normalized spacial score (nSPS) is 21.2. The number of carbonyl (C=O) groups excluding carboxylic acids is 2. The number of fused-ring (bicyclic) bond motifs is 1. The zero-order chi connectivity index (χ0) is 24.8. The van der Waals surface area contributed by atoms with Gasteiger partial charge in [-0.2, -0.15) is 0 Å². The fourth-order valence-corrected chi connectivity index (χ4v) is 6.28. The van der Waals surface area contributed by atoms with Crippen molar-refractivity contribution in [1.82, 2.24) is 19.8 Å². The number of piperidine rings is 1. The molecule has 1 spiro atoms. The molecule has 36 heavy (non-hydrogen) atoms. The first-order valence-electron chi connectivity index (χ1n) is 13.7. The lowest BCUT2D eigenvalue weighted by molar-refractivity contribution is -0.138. The van der Waals surface area contributed by atoms with Crippen LogP contribution in [0.25, 0.3) is 0 Å². The molecule has 3 aliphatic rings. The van der Waals surface area contributed by atoms with Gasteiger partial charge in [-0.05, 0) is 62.0 Å². The summed E-state index contributed by atoms with van der Waals surface area (Å²) in [6.07, 6.45) is 15.3. The Morgan fingerprint density at radius 1 is 0.917 bits per heavy atom. The third kappa shape index (κ3) is 5.71. The van der Waals surface area contributed by atoms with Crippen LogP contribution in [0.1, 0.15) is 73.8 Å². The molecule has 1 aromatic carbocycles. The van der Waals surface area contributed by atoms with E-state index in [-0.39, 0.29) is 17.2 Å². The smallest absolute Gasteiger partial charge is 0.274 e. The van der Waals surface area contributed by atoms with E-state index < -0.39 is 0 Å². The predicted octanol–water partition coefficient (Wildman–Crippen LogP) is 4.52. The first-order valence-corrected chi connectivity index (χ1v) is 13.7. The van der Waals surface area contributed by atoms with E-state index in [1.807, 2.05) is 17.0 Å². The standard InChI is InChI=1S/C29H38N4O3/c34-27(24-9-1-2-10-24)32-17-13-29(14-18-32)12-6-5-8-23-7-3-4-11-26(23)36-20-19-33(22-29)28(35)25-21-30-15-16-31-25/h3-4,7,11,15-16,21,24H,1-2,5-6,8-10,12-14,17-20,22H2. The van der Waals surface area contributed by atoms with Crippen molar-refractivity contribution in [3.63, 3.8) is 0 Å². The van der Waals surface area contributed by atoms with E-state index in [1.165, 1.54) is 18.4 Å². The van der Waals surface area contributed by atoms with E-state index in [4.69, 9.17) is 4.74 Å². The lowest BCUT2D eigenvalue weighted by atomic mass is 9.73. The molecule has 2 fully saturated rings. The van der Waals surface area contributed by atoms with Gasteiger partial charge in [0, 0.05) is 37.9 Å². The van der Waals surface area contributed by atoms with Crippen molar-refractivity contribution >= 4 is 11.8 Å². The minimum atomic E-state index is -0.0964. The number of aromatic nitrogens is 2. The Hall–Kier alpha value is -2.96. The second-order valence-electron chi connectivity index (χ2n) is 10.8. The Kier molecular flexibility index (Phi) is 7.83. The van der Waals surface area contributed by atoms with Crippen molar-refractivity contribution in [2.24, 2.45) is 11.3 Å². The minimum absolute atomic E-state index is 0.00302. The number of amides is 2. The number of carbonyl (C=O) groups is 2. The van der Waals surface area contributed by atoms with Crippen molar-refractivity contribution in [1.29, 1.82) is 0 Å². The Balaban J connectivity index is 1.34. The van der Waals surface area contributed by atoms with Crippen LogP contribution in [0, 0.1) is 11.3 Å². The lowest BCUT2D eigenvalue weighted by Gasteiger charge is -2.45. The third-order valence-corrected chi connectivity index (χ3v) is 8.43. The summed E-state index contributed by atoms with van der Waals surface area (Å²) in [5.41, 5.74) is 1.60. The molecule has 2 aromatic rings. The van der Waals surface area contributed by atoms with Gasteiger partial charge >= 0.3 is 0 Å². The van der Waals surface area contributed by atoms with Gasteiger partial charge in [-0.25, -0.2) is 4.98 Å². The van der Waals surface area contributed by atoms with E-state index in [0.717, 1.165) is 70.2 Å². The number of hydrogen-bond donors (Lipinski definition) is 0. The summed E-state index contributed by atoms with van der Waals surface area (Å²) in [6, 6.07) is 8.24. The van der Waals surface area contributed by atoms with Crippen LogP contribution in [-0.2, 0) is 11.2 Å². The van der Waals surface area contributed by atoms with Crippen LogP contribution in [0.15, 0.2) is 42.9 Å².